The number of rotatable bonds is 7. The Morgan fingerprint density at radius 1 is 1.42 bits per heavy atom. The summed E-state index contributed by atoms with van der Waals surface area (Å²) in [5.74, 6) is 1.07. The van der Waals surface area contributed by atoms with Gasteiger partial charge in [-0.25, -0.2) is 0 Å². The second-order valence-electron chi connectivity index (χ2n) is 5.72. The van der Waals surface area contributed by atoms with Crippen LogP contribution in [0.4, 0.5) is 0 Å². The molecule has 2 rings (SSSR count). The molecule has 1 aliphatic carbocycles. The summed E-state index contributed by atoms with van der Waals surface area (Å²) in [6.45, 7) is 4.57. The number of morpholine rings is 1. The number of nitrogens with zero attached hydrogens (tertiary/aromatic N) is 2. The molecule has 0 aromatic carbocycles. The largest absolute Gasteiger partial charge is 0.378 e. The molecule has 1 atom stereocenters. The highest BCUT2D eigenvalue weighted by molar-refractivity contribution is 5.76. The fourth-order valence-electron chi connectivity index (χ4n) is 2.83. The smallest absolute Gasteiger partial charge is 0.222 e. The zero-order valence-corrected chi connectivity index (χ0v) is 12.0. The second kappa shape index (κ2) is 7.22. The van der Waals surface area contributed by atoms with Crippen LogP contribution in [0.15, 0.2) is 0 Å². The van der Waals surface area contributed by atoms with E-state index in [0.29, 0.717) is 25.7 Å². The number of ether oxygens (including phenoxy) is 1. The van der Waals surface area contributed by atoms with E-state index in [1.807, 2.05) is 4.90 Å². The lowest BCUT2D eigenvalue weighted by atomic mass is 10.1. The summed E-state index contributed by atoms with van der Waals surface area (Å²) < 4.78 is 5.26. The van der Waals surface area contributed by atoms with Crippen LogP contribution in [0, 0.1) is 5.92 Å². The van der Waals surface area contributed by atoms with Crippen molar-refractivity contribution in [2.45, 2.75) is 31.7 Å². The molecule has 1 amide bonds. The highest BCUT2D eigenvalue weighted by Crippen LogP contribution is 2.34. The van der Waals surface area contributed by atoms with Crippen LogP contribution >= 0.6 is 0 Å². The third kappa shape index (κ3) is 4.44. The molecular formula is C14H27N3O2. The Morgan fingerprint density at radius 2 is 2.11 bits per heavy atom. The Kier molecular flexibility index (Phi) is 5.60. The lowest BCUT2D eigenvalue weighted by Crippen LogP contribution is -2.42. The van der Waals surface area contributed by atoms with E-state index in [0.717, 1.165) is 38.5 Å². The van der Waals surface area contributed by atoms with Crippen LogP contribution in [-0.2, 0) is 9.53 Å². The minimum atomic E-state index is 0.271. The molecule has 2 aliphatic rings. The van der Waals surface area contributed by atoms with Gasteiger partial charge >= 0.3 is 0 Å². The van der Waals surface area contributed by atoms with Gasteiger partial charge in [-0.3, -0.25) is 4.79 Å². The molecule has 1 saturated carbocycles. The van der Waals surface area contributed by atoms with Crippen LogP contribution in [0.2, 0.25) is 0 Å². The number of hydrogen-bond acceptors (Lipinski definition) is 4. The molecule has 1 heterocycles. The molecule has 110 valence electrons. The molecule has 2 fully saturated rings. The molecular weight excluding hydrogens is 242 g/mol. The van der Waals surface area contributed by atoms with E-state index >= 15 is 0 Å². The summed E-state index contributed by atoms with van der Waals surface area (Å²) in [6, 6.07) is 0.512. The summed E-state index contributed by atoms with van der Waals surface area (Å²) in [5.41, 5.74) is 5.83. The first-order valence-electron chi connectivity index (χ1n) is 7.48. The molecule has 0 aromatic heterocycles. The quantitative estimate of drug-likeness (QED) is 0.722. The van der Waals surface area contributed by atoms with Gasteiger partial charge in [-0.05, 0) is 38.8 Å². The van der Waals surface area contributed by atoms with E-state index < -0.39 is 0 Å². The van der Waals surface area contributed by atoms with E-state index in [4.69, 9.17) is 10.5 Å². The lowest BCUT2D eigenvalue weighted by molar-refractivity contribution is -0.135. The van der Waals surface area contributed by atoms with Crippen LogP contribution in [0.25, 0.3) is 0 Å². The van der Waals surface area contributed by atoms with Crippen molar-refractivity contribution in [2.75, 3.05) is 46.4 Å². The van der Waals surface area contributed by atoms with E-state index in [-0.39, 0.29) is 5.91 Å². The van der Waals surface area contributed by atoms with Gasteiger partial charge in [0.2, 0.25) is 5.91 Å². The van der Waals surface area contributed by atoms with Crippen molar-refractivity contribution in [3.8, 4) is 0 Å². The van der Waals surface area contributed by atoms with Crippen molar-refractivity contribution in [1.82, 2.24) is 9.80 Å². The maximum atomic E-state index is 12.0. The Balaban J connectivity index is 1.63. The van der Waals surface area contributed by atoms with Crippen molar-refractivity contribution in [3.63, 3.8) is 0 Å². The first kappa shape index (κ1) is 14.8. The van der Waals surface area contributed by atoms with Crippen LogP contribution in [0.3, 0.4) is 0 Å². The number of likely N-dealkylation sites (N-methyl/N-ethyl adjacent to an activating group) is 1. The molecule has 1 aliphatic heterocycles. The van der Waals surface area contributed by atoms with Crippen molar-refractivity contribution in [3.05, 3.63) is 0 Å². The Bertz CT molecular complexity index is 288. The summed E-state index contributed by atoms with van der Waals surface area (Å²) in [4.78, 5) is 16.3. The molecule has 19 heavy (non-hydrogen) atoms. The van der Waals surface area contributed by atoms with E-state index in [1.165, 1.54) is 12.8 Å². The van der Waals surface area contributed by atoms with Gasteiger partial charge < -0.3 is 20.3 Å². The van der Waals surface area contributed by atoms with Crippen LogP contribution in [-0.4, -0.2) is 68.2 Å². The number of amides is 1. The predicted octanol–water partition coefficient (Wildman–Crippen LogP) is 0.295. The minimum Gasteiger partial charge on any atom is -0.378 e. The molecule has 1 unspecified atom stereocenters. The summed E-state index contributed by atoms with van der Waals surface area (Å²) in [6.07, 6.45) is 4.21. The van der Waals surface area contributed by atoms with Crippen molar-refractivity contribution >= 4 is 5.91 Å². The van der Waals surface area contributed by atoms with Gasteiger partial charge in [0.1, 0.15) is 0 Å². The van der Waals surface area contributed by atoms with Crippen molar-refractivity contribution in [1.29, 1.82) is 0 Å². The van der Waals surface area contributed by atoms with E-state index in [9.17, 15) is 4.79 Å². The summed E-state index contributed by atoms with van der Waals surface area (Å²) >= 11 is 0. The van der Waals surface area contributed by atoms with Crippen LogP contribution in [0.1, 0.15) is 25.7 Å². The molecule has 0 radical (unpaired) electrons. The number of carbonyl (C=O) groups excluding carboxylic acids is 1. The van der Waals surface area contributed by atoms with Crippen LogP contribution in [0.5, 0.6) is 0 Å². The maximum absolute atomic E-state index is 12.0. The highest BCUT2D eigenvalue weighted by atomic mass is 16.5. The number of nitrogens with two attached hydrogens (primary N) is 1. The SMILES string of the molecule is CN(CCCC(=O)N1CCOCC1)C(CN)C1CC1. The van der Waals surface area contributed by atoms with Crippen molar-refractivity contribution < 1.29 is 9.53 Å². The zero-order valence-electron chi connectivity index (χ0n) is 12.0. The Hall–Kier alpha value is -0.650. The van der Waals surface area contributed by atoms with Gasteiger partial charge in [0.15, 0.2) is 0 Å². The molecule has 0 spiro atoms. The second-order valence-corrected chi connectivity index (χ2v) is 5.72. The summed E-state index contributed by atoms with van der Waals surface area (Å²) in [5, 5.41) is 0. The number of hydrogen-bond donors (Lipinski definition) is 1. The Labute approximate surface area is 116 Å². The highest BCUT2D eigenvalue weighted by Gasteiger charge is 2.32. The van der Waals surface area contributed by atoms with Gasteiger partial charge in [-0.1, -0.05) is 0 Å². The first-order chi connectivity index (χ1) is 9.22. The number of carbonyl (C=O) groups is 1. The monoisotopic (exact) mass is 269 g/mol. The predicted molar refractivity (Wildman–Crippen MR) is 74.8 cm³/mol. The van der Waals surface area contributed by atoms with Crippen molar-refractivity contribution in [2.24, 2.45) is 11.7 Å². The van der Waals surface area contributed by atoms with Gasteiger partial charge in [0, 0.05) is 32.1 Å². The van der Waals surface area contributed by atoms with Gasteiger partial charge in [0.05, 0.1) is 13.2 Å². The van der Waals surface area contributed by atoms with E-state index in [1.54, 1.807) is 0 Å². The van der Waals surface area contributed by atoms with Gasteiger partial charge in [0.25, 0.3) is 0 Å². The zero-order chi connectivity index (χ0) is 13.7. The summed E-state index contributed by atoms with van der Waals surface area (Å²) in [7, 11) is 2.13. The maximum Gasteiger partial charge on any atom is 0.222 e. The third-order valence-corrected chi connectivity index (χ3v) is 4.24. The lowest BCUT2D eigenvalue weighted by Gasteiger charge is -2.29. The first-order valence-corrected chi connectivity index (χ1v) is 7.48. The molecule has 5 heteroatoms. The Morgan fingerprint density at radius 3 is 2.68 bits per heavy atom. The fraction of sp³-hybridized carbons (Fsp3) is 0.929. The molecule has 5 nitrogen and oxygen atoms in total. The standard InChI is InChI=1S/C14H27N3O2/c1-16(13(11-15)12-4-5-12)6-2-3-14(18)17-7-9-19-10-8-17/h12-13H,2-11,15H2,1H3. The third-order valence-electron chi connectivity index (χ3n) is 4.24. The fourth-order valence-corrected chi connectivity index (χ4v) is 2.83. The van der Waals surface area contributed by atoms with E-state index in [2.05, 4.69) is 11.9 Å². The molecule has 0 aromatic rings. The molecule has 1 saturated heterocycles. The van der Waals surface area contributed by atoms with Gasteiger partial charge in [-0.2, -0.15) is 0 Å². The molecule has 0 bridgehead atoms. The molecule has 2 N–H and O–H groups in total. The normalized spacial score (nSPS) is 21.7. The topological polar surface area (TPSA) is 58.8 Å². The minimum absolute atomic E-state index is 0.271. The average molecular weight is 269 g/mol. The van der Waals surface area contributed by atoms with Gasteiger partial charge in [-0.15, -0.1) is 0 Å². The average Bonchev–Trinajstić information content (AvgIpc) is 3.25. The van der Waals surface area contributed by atoms with Crippen LogP contribution < -0.4 is 5.73 Å².